The highest BCUT2D eigenvalue weighted by Crippen LogP contribution is 2.18. The summed E-state index contributed by atoms with van der Waals surface area (Å²) in [6.45, 7) is 4.89. The predicted molar refractivity (Wildman–Crippen MR) is 352 cm³/mol. The number of esters is 1. The number of hydrogen-bond acceptors (Lipinski definition) is 5. The van der Waals surface area contributed by atoms with Crippen LogP contribution in [-0.2, 0) is 14.3 Å². The standard InChI is InChI=1S/C74H139NO5/c1-3-5-7-9-11-13-15-16-17-18-39-42-45-48-52-56-60-64-68-74(79)80-69-65-61-57-53-49-46-43-40-37-35-33-31-29-27-25-23-21-19-20-22-24-26-28-30-32-34-36-38-41-44-47-51-55-59-63-67-73(78)75-71(70-76)72(77)66-62-58-54-50-14-12-10-8-6-4-2/h13,15,17-18,21,23,62,66,71-72,76-77H,3-12,14,16,19-20,22,24-61,63-65,67-70H2,1-2H3,(H,75,78)/b15-13-,18-17-,23-21-,66-62+. The first-order valence-electron chi connectivity index (χ1n) is 35.9. The van der Waals surface area contributed by atoms with E-state index in [2.05, 4.69) is 55.6 Å². The number of aliphatic hydroxyl groups excluding tert-OH is 2. The lowest BCUT2D eigenvalue weighted by Crippen LogP contribution is -2.45. The lowest BCUT2D eigenvalue weighted by molar-refractivity contribution is -0.143. The maximum atomic E-state index is 12.4. The van der Waals surface area contributed by atoms with Crippen LogP contribution in [-0.4, -0.2) is 47.4 Å². The van der Waals surface area contributed by atoms with Crippen molar-refractivity contribution < 1.29 is 24.5 Å². The molecule has 0 aromatic heterocycles. The van der Waals surface area contributed by atoms with Gasteiger partial charge in [0.05, 0.1) is 25.4 Å². The molecule has 0 radical (unpaired) electrons. The summed E-state index contributed by atoms with van der Waals surface area (Å²) in [4.78, 5) is 24.5. The summed E-state index contributed by atoms with van der Waals surface area (Å²) >= 11 is 0. The second-order valence-corrected chi connectivity index (χ2v) is 24.6. The van der Waals surface area contributed by atoms with Crippen molar-refractivity contribution in [1.29, 1.82) is 0 Å². The van der Waals surface area contributed by atoms with E-state index in [0.717, 1.165) is 51.4 Å². The second kappa shape index (κ2) is 69.3. The molecule has 3 N–H and O–H groups in total. The van der Waals surface area contributed by atoms with Crippen LogP contribution in [0.25, 0.3) is 0 Å². The molecule has 0 aliphatic carbocycles. The minimum Gasteiger partial charge on any atom is -0.466 e. The Morgan fingerprint density at radius 1 is 0.350 bits per heavy atom. The van der Waals surface area contributed by atoms with Crippen LogP contribution in [0.1, 0.15) is 386 Å². The fourth-order valence-electron chi connectivity index (χ4n) is 11.1. The number of allylic oxidation sites excluding steroid dienone is 7. The maximum Gasteiger partial charge on any atom is 0.305 e. The van der Waals surface area contributed by atoms with Gasteiger partial charge in [-0.15, -0.1) is 0 Å². The number of carbonyl (C=O) groups is 2. The fraction of sp³-hybridized carbons (Fsp3) is 0.865. The number of nitrogens with one attached hydrogen (secondary N) is 1. The Hall–Kier alpha value is -2.18. The molecule has 470 valence electrons. The van der Waals surface area contributed by atoms with Gasteiger partial charge in [-0.1, -0.05) is 332 Å². The number of amides is 1. The number of ether oxygens (including phenoxy) is 1. The number of aliphatic hydroxyl groups is 2. The number of hydrogen-bond donors (Lipinski definition) is 3. The van der Waals surface area contributed by atoms with Gasteiger partial charge >= 0.3 is 5.97 Å². The van der Waals surface area contributed by atoms with Crippen LogP contribution in [0.15, 0.2) is 48.6 Å². The maximum absolute atomic E-state index is 12.4. The van der Waals surface area contributed by atoms with Crippen LogP contribution in [0.5, 0.6) is 0 Å². The Labute approximate surface area is 499 Å². The molecule has 0 aliphatic rings. The third-order valence-corrected chi connectivity index (χ3v) is 16.6. The first kappa shape index (κ1) is 77.8. The highest BCUT2D eigenvalue weighted by Gasteiger charge is 2.18. The first-order chi connectivity index (χ1) is 39.5. The molecule has 0 fully saturated rings. The van der Waals surface area contributed by atoms with Gasteiger partial charge in [0.2, 0.25) is 5.91 Å². The van der Waals surface area contributed by atoms with E-state index in [1.807, 2.05) is 6.08 Å². The van der Waals surface area contributed by atoms with Crippen molar-refractivity contribution in [3.63, 3.8) is 0 Å². The molecule has 6 heteroatoms. The van der Waals surface area contributed by atoms with Crippen molar-refractivity contribution >= 4 is 11.9 Å². The third-order valence-electron chi connectivity index (χ3n) is 16.6. The van der Waals surface area contributed by atoms with Crippen LogP contribution in [0.3, 0.4) is 0 Å². The Kier molecular flexibility index (Phi) is 67.4. The summed E-state index contributed by atoms with van der Waals surface area (Å²) in [7, 11) is 0. The summed E-state index contributed by atoms with van der Waals surface area (Å²) in [5.41, 5.74) is 0. The number of rotatable bonds is 67. The molecule has 0 rings (SSSR count). The molecule has 0 bridgehead atoms. The zero-order valence-corrected chi connectivity index (χ0v) is 53.8. The molecule has 0 aromatic carbocycles. The summed E-state index contributed by atoms with van der Waals surface area (Å²) in [5, 5.41) is 23.0. The van der Waals surface area contributed by atoms with Crippen LogP contribution < -0.4 is 5.32 Å². The molecular weight excluding hydrogens is 983 g/mol. The van der Waals surface area contributed by atoms with Crippen LogP contribution in [0, 0.1) is 0 Å². The van der Waals surface area contributed by atoms with Crippen molar-refractivity contribution in [3.05, 3.63) is 48.6 Å². The molecule has 2 atom stereocenters. The van der Waals surface area contributed by atoms with E-state index in [9.17, 15) is 19.8 Å². The van der Waals surface area contributed by atoms with Gasteiger partial charge in [-0.25, -0.2) is 0 Å². The molecule has 2 unspecified atom stereocenters. The molecule has 0 aliphatic heterocycles. The van der Waals surface area contributed by atoms with Crippen molar-refractivity contribution in [2.24, 2.45) is 0 Å². The summed E-state index contributed by atoms with van der Waals surface area (Å²) < 4.78 is 5.50. The minimum atomic E-state index is -0.840. The monoisotopic (exact) mass is 1120 g/mol. The smallest absolute Gasteiger partial charge is 0.305 e. The fourth-order valence-corrected chi connectivity index (χ4v) is 11.1. The van der Waals surface area contributed by atoms with E-state index < -0.39 is 12.1 Å². The van der Waals surface area contributed by atoms with Gasteiger partial charge < -0.3 is 20.3 Å². The Balaban J connectivity index is 3.33. The van der Waals surface area contributed by atoms with E-state index in [1.54, 1.807) is 6.08 Å². The Morgan fingerprint density at radius 2 is 0.625 bits per heavy atom. The topological polar surface area (TPSA) is 95.9 Å². The number of carbonyl (C=O) groups excluding carboxylic acids is 2. The Morgan fingerprint density at radius 3 is 0.975 bits per heavy atom. The second-order valence-electron chi connectivity index (χ2n) is 24.6. The quantitative estimate of drug-likeness (QED) is 0.0320. The van der Waals surface area contributed by atoms with Crippen molar-refractivity contribution in [2.45, 2.75) is 398 Å². The van der Waals surface area contributed by atoms with E-state index >= 15 is 0 Å². The summed E-state index contributed by atoms with van der Waals surface area (Å²) in [6.07, 6.45) is 90.7. The molecule has 0 aromatic rings. The predicted octanol–water partition coefficient (Wildman–Crippen LogP) is 23.3. The highest BCUT2D eigenvalue weighted by molar-refractivity contribution is 5.76. The summed E-state index contributed by atoms with van der Waals surface area (Å²) in [6, 6.07) is -0.624. The largest absolute Gasteiger partial charge is 0.466 e. The number of unbranched alkanes of at least 4 members (excludes halogenated alkanes) is 50. The lowest BCUT2D eigenvalue weighted by Gasteiger charge is -2.20. The summed E-state index contributed by atoms with van der Waals surface area (Å²) in [5.74, 6) is -0.0527. The van der Waals surface area contributed by atoms with Gasteiger partial charge in [0.1, 0.15) is 0 Å². The molecular formula is C74H139NO5. The Bertz CT molecular complexity index is 1340. The van der Waals surface area contributed by atoms with Crippen molar-refractivity contribution in [3.8, 4) is 0 Å². The van der Waals surface area contributed by atoms with E-state index in [1.165, 1.54) is 308 Å². The van der Waals surface area contributed by atoms with Gasteiger partial charge in [0, 0.05) is 12.8 Å². The van der Waals surface area contributed by atoms with Crippen molar-refractivity contribution in [1.82, 2.24) is 5.32 Å². The third kappa shape index (κ3) is 65.0. The zero-order chi connectivity index (χ0) is 57.8. The average Bonchev–Trinajstić information content (AvgIpc) is 3.46. The lowest BCUT2D eigenvalue weighted by atomic mass is 10.0. The van der Waals surface area contributed by atoms with Crippen LogP contribution in [0.2, 0.25) is 0 Å². The van der Waals surface area contributed by atoms with Crippen LogP contribution >= 0.6 is 0 Å². The normalized spacial score (nSPS) is 12.8. The molecule has 0 heterocycles. The molecule has 1 amide bonds. The molecule has 80 heavy (non-hydrogen) atoms. The molecule has 0 saturated heterocycles. The van der Waals surface area contributed by atoms with Gasteiger partial charge in [-0.3, -0.25) is 9.59 Å². The van der Waals surface area contributed by atoms with Gasteiger partial charge in [0.25, 0.3) is 0 Å². The van der Waals surface area contributed by atoms with E-state index in [0.29, 0.717) is 19.4 Å². The SMILES string of the molecule is CCCCCC/C=C\C/C=C\CCCCCCCCCC(=O)OCCCCCCCCCCCCCCCC/C=C\CCCCCCCCCCCCCCCCCCCC(=O)NC(CO)C(O)/C=C/CCCCCCCCCC. The zero-order valence-electron chi connectivity index (χ0n) is 53.8. The van der Waals surface area contributed by atoms with Crippen LogP contribution in [0.4, 0.5) is 0 Å². The van der Waals surface area contributed by atoms with Gasteiger partial charge in [-0.05, 0) is 89.9 Å². The molecule has 6 nitrogen and oxygen atoms in total. The van der Waals surface area contributed by atoms with Gasteiger partial charge in [-0.2, -0.15) is 0 Å². The molecule has 0 spiro atoms. The van der Waals surface area contributed by atoms with E-state index in [-0.39, 0.29) is 18.5 Å². The van der Waals surface area contributed by atoms with Crippen molar-refractivity contribution in [2.75, 3.05) is 13.2 Å². The highest BCUT2D eigenvalue weighted by atomic mass is 16.5. The van der Waals surface area contributed by atoms with E-state index in [4.69, 9.17) is 4.74 Å². The average molecular weight is 1120 g/mol. The minimum absolute atomic E-state index is 0.0127. The van der Waals surface area contributed by atoms with Gasteiger partial charge in [0.15, 0.2) is 0 Å². The first-order valence-corrected chi connectivity index (χ1v) is 35.9. The molecule has 0 saturated carbocycles.